The molecule has 1 aromatic carbocycles. The molecule has 2 heteroatoms. The molecule has 1 heterocycles. The number of para-hydroxylation sites is 1. The van der Waals surface area contributed by atoms with Gasteiger partial charge in [0, 0.05) is 24.1 Å². The van der Waals surface area contributed by atoms with Crippen molar-refractivity contribution in [3.8, 4) is 5.75 Å². The van der Waals surface area contributed by atoms with E-state index in [4.69, 9.17) is 4.74 Å². The zero-order chi connectivity index (χ0) is 13.2. The van der Waals surface area contributed by atoms with Gasteiger partial charge in [-0.25, -0.2) is 0 Å². The van der Waals surface area contributed by atoms with Gasteiger partial charge in [0.2, 0.25) is 0 Å². The average molecular weight is 259 g/mol. The molecule has 1 aliphatic carbocycles. The molecule has 4 atom stereocenters. The molecule has 4 unspecified atom stereocenters. The minimum atomic E-state index is 0.533. The van der Waals surface area contributed by atoms with Crippen LogP contribution < -0.4 is 10.1 Å². The van der Waals surface area contributed by atoms with Crippen molar-refractivity contribution in [3.63, 3.8) is 0 Å². The van der Waals surface area contributed by atoms with Crippen molar-refractivity contribution in [3.05, 3.63) is 29.8 Å². The SMILES string of the molecule is CC1CCC(NCC2COc3ccccc32)CC1C. The van der Waals surface area contributed by atoms with E-state index in [0.717, 1.165) is 30.7 Å². The van der Waals surface area contributed by atoms with Crippen LogP contribution in [0.1, 0.15) is 44.6 Å². The highest BCUT2D eigenvalue weighted by Crippen LogP contribution is 2.34. The number of hydrogen-bond acceptors (Lipinski definition) is 2. The molecule has 0 amide bonds. The quantitative estimate of drug-likeness (QED) is 0.896. The van der Waals surface area contributed by atoms with E-state index in [9.17, 15) is 0 Å². The van der Waals surface area contributed by atoms with Crippen LogP contribution in [0.15, 0.2) is 24.3 Å². The number of benzene rings is 1. The summed E-state index contributed by atoms with van der Waals surface area (Å²) < 4.78 is 5.75. The van der Waals surface area contributed by atoms with Gasteiger partial charge < -0.3 is 10.1 Å². The summed E-state index contributed by atoms with van der Waals surface area (Å²) >= 11 is 0. The molecule has 1 saturated carbocycles. The third-order valence-corrected chi connectivity index (χ3v) is 5.05. The van der Waals surface area contributed by atoms with Gasteiger partial charge in [0.15, 0.2) is 0 Å². The summed E-state index contributed by atoms with van der Waals surface area (Å²) in [6.45, 7) is 6.68. The number of nitrogens with one attached hydrogen (secondary N) is 1. The molecular formula is C17H25NO. The first-order chi connectivity index (χ1) is 9.24. The molecule has 2 aliphatic rings. The van der Waals surface area contributed by atoms with Crippen LogP contribution in [0, 0.1) is 11.8 Å². The molecule has 1 N–H and O–H groups in total. The summed E-state index contributed by atoms with van der Waals surface area (Å²) in [7, 11) is 0. The standard InChI is InChI=1S/C17H25NO/c1-12-7-8-15(9-13(12)2)18-10-14-11-19-17-6-4-3-5-16(14)17/h3-6,12-15,18H,7-11H2,1-2H3. The number of ether oxygens (including phenoxy) is 1. The number of rotatable bonds is 3. The summed E-state index contributed by atoms with van der Waals surface area (Å²) in [4.78, 5) is 0. The summed E-state index contributed by atoms with van der Waals surface area (Å²) in [5, 5.41) is 3.78. The lowest BCUT2D eigenvalue weighted by molar-refractivity contribution is 0.221. The maximum atomic E-state index is 5.75. The van der Waals surface area contributed by atoms with Crippen molar-refractivity contribution in [2.45, 2.75) is 45.1 Å². The van der Waals surface area contributed by atoms with Crippen molar-refractivity contribution >= 4 is 0 Å². The Labute approximate surface area is 116 Å². The number of fused-ring (bicyclic) bond motifs is 1. The first-order valence-electron chi connectivity index (χ1n) is 7.69. The van der Waals surface area contributed by atoms with Crippen molar-refractivity contribution < 1.29 is 4.74 Å². The highest BCUT2D eigenvalue weighted by atomic mass is 16.5. The van der Waals surface area contributed by atoms with Gasteiger partial charge in [-0.2, -0.15) is 0 Å². The first-order valence-corrected chi connectivity index (χ1v) is 7.69. The Morgan fingerprint density at radius 1 is 1.16 bits per heavy atom. The van der Waals surface area contributed by atoms with Crippen LogP contribution in [0.3, 0.4) is 0 Å². The van der Waals surface area contributed by atoms with E-state index in [1.165, 1.54) is 24.8 Å². The zero-order valence-electron chi connectivity index (χ0n) is 12.1. The van der Waals surface area contributed by atoms with Crippen LogP contribution in [0.25, 0.3) is 0 Å². The van der Waals surface area contributed by atoms with Crippen molar-refractivity contribution in [1.29, 1.82) is 0 Å². The molecule has 1 aromatic rings. The largest absolute Gasteiger partial charge is 0.493 e. The lowest BCUT2D eigenvalue weighted by atomic mass is 9.79. The maximum Gasteiger partial charge on any atom is 0.122 e. The summed E-state index contributed by atoms with van der Waals surface area (Å²) in [6.07, 6.45) is 4.04. The Hall–Kier alpha value is -1.02. The smallest absolute Gasteiger partial charge is 0.122 e. The molecule has 2 nitrogen and oxygen atoms in total. The van der Waals surface area contributed by atoms with Gasteiger partial charge in [-0.3, -0.25) is 0 Å². The fourth-order valence-corrected chi connectivity index (χ4v) is 3.44. The predicted octanol–water partition coefficient (Wildman–Crippen LogP) is 3.58. The molecule has 1 aliphatic heterocycles. The Balaban J connectivity index is 1.54. The van der Waals surface area contributed by atoms with Gasteiger partial charge in [0.05, 0.1) is 6.61 Å². The van der Waals surface area contributed by atoms with E-state index >= 15 is 0 Å². The Morgan fingerprint density at radius 3 is 2.84 bits per heavy atom. The molecule has 1 fully saturated rings. The lowest BCUT2D eigenvalue weighted by Gasteiger charge is -2.33. The van der Waals surface area contributed by atoms with E-state index in [0.29, 0.717) is 12.0 Å². The van der Waals surface area contributed by atoms with Gasteiger partial charge in [0.25, 0.3) is 0 Å². The van der Waals surface area contributed by atoms with E-state index < -0.39 is 0 Å². The second-order valence-corrected chi connectivity index (χ2v) is 6.42. The topological polar surface area (TPSA) is 21.3 Å². The van der Waals surface area contributed by atoms with Crippen LogP contribution in [-0.2, 0) is 0 Å². The van der Waals surface area contributed by atoms with E-state index in [-0.39, 0.29) is 0 Å². The van der Waals surface area contributed by atoms with Crippen molar-refractivity contribution in [1.82, 2.24) is 5.32 Å². The highest BCUT2D eigenvalue weighted by molar-refractivity contribution is 5.39. The summed E-state index contributed by atoms with van der Waals surface area (Å²) in [5.41, 5.74) is 1.38. The molecule has 104 valence electrons. The molecule has 0 spiro atoms. The molecule has 0 saturated heterocycles. The summed E-state index contributed by atoms with van der Waals surface area (Å²) in [5.74, 6) is 3.37. The maximum absolute atomic E-state index is 5.75. The lowest BCUT2D eigenvalue weighted by Crippen LogP contribution is -2.38. The molecule has 0 bridgehead atoms. The van der Waals surface area contributed by atoms with Crippen LogP contribution in [0.4, 0.5) is 0 Å². The minimum absolute atomic E-state index is 0.533. The van der Waals surface area contributed by atoms with Gasteiger partial charge in [-0.05, 0) is 37.2 Å². The highest BCUT2D eigenvalue weighted by Gasteiger charge is 2.27. The van der Waals surface area contributed by atoms with Crippen LogP contribution in [-0.4, -0.2) is 19.2 Å². The van der Waals surface area contributed by atoms with Crippen LogP contribution >= 0.6 is 0 Å². The average Bonchev–Trinajstić information content (AvgIpc) is 2.83. The monoisotopic (exact) mass is 259 g/mol. The van der Waals surface area contributed by atoms with Crippen molar-refractivity contribution in [2.24, 2.45) is 11.8 Å². The molecule has 3 rings (SSSR count). The molecule has 0 radical (unpaired) electrons. The molecular weight excluding hydrogens is 234 g/mol. The fourth-order valence-electron chi connectivity index (χ4n) is 3.44. The van der Waals surface area contributed by atoms with E-state index in [1.807, 2.05) is 0 Å². The fraction of sp³-hybridized carbons (Fsp3) is 0.647. The van der Waals surface area contributed by atoms with Gasteiger partial charge in [-0.15, -0.1) is 0 Å². The predicted molar refractivity (Wildman–Crippen MR) is 78.6 cm³/mol. The minimum Gasteiger partial charge on any atom is -0.493 e. The van der Waals surface area contributed by atoms with Crippen LogP contribution in [0.5, 0.6) is 5.75 Å². The molecule has 19 heavy (non-hydrogen) atoms. The second kappa shape index (κ2) is 5.54. The molecule has 0 aromatic heterocycles. The second-order valence-electron chi connectivity index (χ2n) is 6.42. The number of hydrogen-bond donors (Lipinski definition) is 1. The van der Waals surface area contributed by atoms with Gasteiger partial charge >= 0.3 is 0 Å². The van der Waals surface area contributed by atoms with Gasteiger partial charge in [0.1, 0.15) is 5.75 Å². The van der Waals surface area contributed by atoms with E-state index in [1.54, 1.807) is 0 Å². The van der Waals surface area contributed by atoms with Gasteiger partial charge in [-0.1, -0.05) is 32.0 Å². The Bertz CT molecular complexity index is 431. The van der Waals surface area contributed by atoms with Crippen molar-refractivity contribution in [2.75, 3.05) is 13.2 Å². The Morgan fingerprint density at radius 2 is 2.00 bits per heavy atom. The first kappa shape index (κ1) is 13.0. The Kier molecular flexibility index (Phi) is 3.79. The third-order valence-electron chi connectivity index (χ3n) is 5.05. The normalized spacial score (nSPS) is 33.8. The third kappa shape index (κ3) is 2.79. The van der Waals surface area contributed by atoms with Crippen LogP contribution in [0.2, 0.25) is 0 Å². The van der Waals surface area contributed by atoms with E-state index in [2.05, 4.69) is 43.4 Å². The zero-order valence-corrected chi connectivity index (χ0v) is 12.1. The summed E-state index contributed by atoms with van der Waals surface area (Å²) in [6, 6.07) is 9.17.